The fraction of sp³-hybridized carbons (Fsp3) is 0.478. The number of ether oxygens (including phenoxy) is 2. The molecule has 0 aliphatic rings. The summed E-state index contributed by atoms with van der Waals surface area (Å²) in [7, 11) is 6.22. The number of likely N-dealkylation sites (N-methyl/N-ethyl adjacent to an activating group) is 2. The lowest BCUT2D eigenvalue weighted by atomic mass is 9.94. The molecule has 0 saturated carbocycles. The van der Waals surface area contributed by atoms with Crippen LogP contribution < -0.4 is 4.74 Å². The Hall–Kier alpha value is -2.78. The fourth-order valence-corrected chi connectivity index (χ4v) is 3.31. The zero-order valence-electron chi connectivity index (χ0n) is 19.2. The first-order valence-corrected chi connectivity index (χ1v) is 10.1. The number of benzene rings is 1. The molecule has 9 heteroatoms. The van der Waals surface area contributed by atoms with Gasteiger partial charge in [-0.05, 0) is 24.8 Å². The average Bonchev–Trinajstić information content (AvgIpc) is 2.75. The summed E-state index contributed by atoms with van der Waals surface area (Å²) in [6, 6.07) is 1.88. The zero-order valence-corrected chi connectivity index (χ0v) is 19.2. The van der Waals surface area contributed by atoms with Gasteiger partial charge in [0.25, 0.3) is 0 Å². The van der Waals surface area contributed by atoms with E-state index in [9.17, 15) is 23.5 Å². The predicted octanol–water partition coefficient (Wildman–Crippen LogP) is 2.50. The summed E-state index contributed by atoms with van der Waals surface area (Å²) in [5.41, 5.74) is 0.671. The fourth-order valence-electron chi connectivity index (χ4n) is 3.31. The Morgan fingerprint density at radius 3 is 2.28 bits per heavy atom. The van der Waals surface area contributed by atoms with Crippen molar-refractivity contribution in [3.8, 4) is 5.75 Å². The lowest BCUT2D eigenvalue weighted by molar-refractivity contribution is -0.108. The molecule has 1 rings (SSSR count). The van der Waals surface area contributed by atoms with Crippen LogP contribution in [0.5, 0.6) is 5.75 Å². The average molecular weight is 455 g/mol. The Bertz CT molecular complexity index is 806. The van der Waals surface area contributed by atoms with Crippen LogP contribution in [0.15, 0.2) is 35.7 Å². The number of allylic oxidation sites excluding steroid dienone is 3. The highest BCUT2D eigenvalue weighted by molar-refractivity contribution is 5.74. The van der Waals surface area contributed by atoms with Crippen LogP contribution in [0.25, 0.3) is 0 Å². The minimum Gasteiger partial charge on any atom is -0.497 e. The third kappa shape index (κ3) is 7.42. The first kappa shape index (κ1) is 27.3. The van der Waals surface area contributed by atoms with E-state index >= 15 is 0 Å². The molecule has 2 atom stereocenters. The second-order valence-corrected chi connectivity index (χ2v) is 7.44. The van der Waals surface area contributed by atoms with Gasteiger partial charge in [0, 0.05) is 57.8 Å². The molecule has 1 aromatic carbocycles. The Morgan fingerprint density at radius 2 is 1.81 bits per heavy atom. The van der Waals surface area contributed by atoms with Gasteiger partial charge in [0.15, 0.2) is 6.29 Å². The molecule has 0 spiro atoms. The summed E-state index contributed by atoms with van der Waals surface area (Å²) in [5, 5.41) is 9.44. The molecule has 0 heterocycles. The summed E-state index contributed by atoms with van der Waals surface area (Å²) in [6.45, 7) is 1.98. The van der Waals surface area contributed by atoms with Crippen LogP contribution in [0.1, 0.15) is 24.8 Å². The van der Waals surface area contributed by atoms with E-state index in [1.807, 2.05) is 0 Å². The highest BCUT2D eigenvalue weighted by Crippen LogP contribution is 2.30. The van der Waals surface area contributed by atoms with Gasteiger partial charge in [0.2, 0.25) is 0 Å². The lowest BCUT2D eigenvalue weighted by Crippen LogP contribution is -2.34. The Morgan fingerprint density at radius 1 is 1.19 bits per heavy atom. The number of aldehydes is 2. The molecule has 0 fully saturated rings. The van der Waals surface area contributed by atoms with Gasteiger partial charge >= 0.3 is 0 Å². The number of carbonyl (C=O) groups is 2. The van der Waals surface area contributed by atoms with Crippen molar-refractivity contribution in [2.75, 3.05) is 48.1 Å². The van der Waals surface area contributed by atoms with Crippen molar-refractivity contribution < 1.29 is 33.0 Å². The predicted molar refractivity (Wildman–Crippen MR) is 117 cm³/mol. The molecule has 0 aliphatic heterocycles. The standard InChI is InChI=1S/C23H32F2N2O5/c1-16(6-8-26(2)18(13-29)15-31-4)22(14-30)27(3)12-17(7-9-28)23-20(24)10-19(32-5)11-21(23)25/h6,8-11,14,17-18,29H,7,12-13,15H2,1-5H3/b8-6-,22-16+. The molecule has 32 heavy (non-hydrogen) atoms. The summed E-state index contributed by atoms with van der Waals surface area (Å²) in [4.78, 5) is 26.3. The molecule has 0 bridgehead atoms. The van der Waals surface area contributed by atoms with Gasteiger partial charge in [-0.3, -0.25) is 4.79 Å². The summed E-state index contributed by atoms with van der Waals surface area (Å²) < 4.78 is 39.1. The second-order valence-electron chi connectivity index (χ2n) is 7.44. The van der Waals surface area contributed by atoms with E-state index in [0.717, 1.165) is 12.1 Å². The van der Waals surface area contributed by atoms with Crippen LogP contribution in [-0.2, 0) is 14.3 Å². The Balaban J connectivity index is 3.15. The maximum absolute atomic E-state index is 14.6. The van der Waals surface area contributed by atoms with E-state index in [1.54, 1.807) is 43.1 Å². The number of aliphatic hydroxyl groups is 1. The number of halogens is 2. The van der Waals surface area contributed by atoms with Crippen LogP contribution in [-0.4, -0.2) is 81.6 Å². The molecule has 0 aromatic heterocycles. The van der Waals surface area contributed by atoms with Crippen molar-refractivity contribution in [1.82, 2.24) is 9.80 Å². The van der Waals surface area contributed by atoms with Crippen molar-refractivity contribution in [3.05, 3.63) is 52.9 Å². The normalized spacial score (nSPS) is 14.0. The zero-order chi connectivity index (χ0) is 24.3. The van der Waals surface area contributed by atoms with Crippen molar-refractivity contribution in [1.29, 1.82) is 0 Å². The first-order chi connectivity index (χ1) is 15.2. The molecular formula is C23H32F2N2O5. The van der Waals surface area contributed by atoms with Crippen LogP contribution in [0.3, 0.4) is 0 Å². The topological polar surface area (TPSA) is 79.3 Å². The summed E-state index contributed by atoms with van der Waals surface area (Å²) >= 11 is 0. The lowest BCUT2D eigenvalue weighted by Gasteiger charge is -2.27. The van der Waals surface area contributed by atoms with E-state index in [0.29, 0.717) is 30.4 Å². The third-order valence-corrected chi connectivity index (χ3v) is 5.20. The van der Waals surface area contributed by atoms with Crippen molar-refractivity contribution in [3.63, 3.8) is 0 Å². The first-order valence-electron chi connectivity index (χ1n) is 10.1. The van der Waals surface area contributed by atoms with E-state index in [4.69, 9.17) is 9.47 Å². The number of carbonyl (C=O) groups excluding carboxylic acids is 2. The highest BCUT2D eigenvalue weighted by Gasteiger charge is 2.24. The smallest absolute Gasteiger partial charge is 0.166 e. The van der Waals surface area contributed by atoms with Gasteiger partial charge in [-0.2, -0.15) is 0 Å². The molecule has 0 saturated heterocycles. The molecular weight excluding hydrogens is 422 g/mol. The quantitative estimate of drug-likeness (QED) is 0.263. The van der Waals surface area contributed by atoms with Gasteiger partial charge in [-0.15, -0.1) is 0 Å². The minimum absolute atomic E-state index is 0.0372. The molecule has 0 amide bonds. The van der Waals surface area contributed by atoms with Crippen molar-refractivity contribution in [2.45, 2.75) is 25.3 Å². The number of hydrogen-bond donors (Lipinski definition) is 1. The molecule has 1 N–H and O–H groups in total. The van der Waals surface area contributed by atoms with E-state index in [2.05, 4.69) is 0 Å². The maximum atomic E-state index is 14.6. The second kappa shape index (κ2) is 13.6. The number of nitrogens with zero attached hydrogens (tertiary/aromatic N) is 2. The third-order valence-electron chi connectivity index (χ3n) is 5.20. The van der Waals surface area contributed by atoms with Crippen LogP contribution in [0.4, 0.5) is 8.78 Å². The Labute approximate surface area is 187 Å². The van der Waals surface area contributed by atoms with Gasteiger partial charge in [0.1, 0.15) is 23.7 Å². The van der Waals surface area contributed by atoms with Crippen LogP contribution in [0.2, 0.25) is 0 Å². The van der Waals surface area contributed by atoms with Crippen molar-refractivity contribution in [2.24, 2.45) is 0 Å². The largest absolute Gasteiger partial charge is 0.497 e. The molecule has 178 valence electrons. The van der Waals surface area contributed by atoms with E-state index < -0.39 is 17.6 Å². The summed E-state index contributed by atoms with van der Waals surface area (Å²) in [5.74, 6) is -2.40. The molecule has 7 nitrogen and oxygen atoms in total. The molecule has 2 unspecified atom stereocenters. The molecule has 1 aromatic rings. The highest BCUT2D eigenvalue weighted by atomic mass is 19.1. The van der Waals surface area contributed by atoms with Crippen molar-refractivity contribution >= 4 is 12.6 Å². The number of hydrogen-bond acceptors (Lipinski definition) is 7. The summed E-state index contributed by atoms with van der Waals surface area (Å²) in [6.07, 6.45) is 4.53. The number of aliphatic hydroxyl groups excluding tert-OH is 1. The minimum atomic E-state index is -0.815. The Kier molecular flexibility index (Phi) is 11.6. The molecule has 0 aliphatic carbocycles. The number of rotatable bonds is 14. The van der Waals surface area contributed by atoms with Gasteiger partial charge < -0.3 is 29.2 Å². The van der Waals surface area contributed by atoms with Gasteiger partial charge in [-0.25, -0.2) is 8.78 Å². The van der Waals surface area contributed by atoms with E-state index in [1.165, 1.54) is 14.2 Å². The number of methoxy groups -OCH3 is 2. The van der Waals surface area contributed by atoms with Crippen LogP contribution in [0, 0.1) is 11.6 Å². The van der Waals surface area contributed by atoms with Gasteiger partial charge in [0.05, 0.1) is 32.1 Å². The molecule has 0 radical (unpaired) electrons. The maximum Gasteiger partial charge on any atom is 0.166 e. The van der Waals surface area contributed by atoms with Gasteiger partial charge in [-0.1, -0.05) is 0 Å². The monoisotopic (exact) mass is 454 g/mol. The van der Waals surface area contributed by atoms with E-state index in [-0.39, 0.29) is 36.9 Å². The van der Waals surface area contributed by atoms with Crippen LogP contribution >= 0.6 is 0 Å². The SMILES string of the molecule is COCC(CO)N(C)/C=C\C(C)=C(/C=O)N(C)CC(CC=O)c1c(F)cc(OC)cc1F.